The van der Waals surface area contributed by atoms with Crippen LogP contribution >= 0.6 is 0 Å². The molecule has 0 aliphatic rings. The van der Waals surface area contributed by atoms with E-state index < -0.39 is 23.6 Å². The van der Waals surface area contributed by atoms with E-state index in [0.29, 0.717) is 11.0 Å². The van der Waals surface area contributed by atoms with Gasteiger partial charge in [0.05, 0.1) is 11.9 Å². The third-order valence-corrected chi connectivity index (χ3v) is 3.88. The Kier molecular flexibility index (Phi) is 5.39. The molecule has 0 aliphatic heterocycles. The highest BCUT2D eigenvalue weighted by molar-refractivity contribution is 5.97. The summed E-state index contributed by atoms with van der Waals surface area (Å²) in [6, 6.07) is 3.21. The number of alkyl halides is 3. The standard InChI is InChI=1S/C18H14F4N6O/c1-3-6-10(12(19)4-2)9-28-17-11(7-5-8-23-17)13(27-28)15-24-16(26-25-15)14(29)18(20,21)22/h3-8H,1,9H2,2H3,(H,24,25,26)/b10-6-,12-4+. The van der Waals surface area contributed by atoms with Gasteiger partial charge in [-0.15, -0.1) is 0 Å². The molecule has 0 unspecified atom stereocenters. The van der Waals surface area contributed by atoms with Crippen molar-refractivity contribution in [3.63, 3.8) is 0 Å². The average molecular weight is 406 g/mol. The van der Waals surface area contributed by atoms with Crippen molar-refractivity contribution in [2.24, 2.45) is 0 Å². The SMILES string of the molecule is C=C/C=C(Cn1nc(-c2n[nH]c(C(=O)C(F)(F)F)n2)c2cccnc21)\C(F)=C/C. The monoisotopic (exact) mass is 406 g/mol. The van der Waals surface area contributed by atoms with E-state index in [-0.39, 0.29) is 23.6 Å². The molecule has 11 heteroatoms. The lowest BCUT2D eigenvalue weighted by Gasteiger charge is -2.05. The van der Waals surface area contributed by atoms with Crippen molar-refractivity contribution >= 4 is 16.8 Å². The third-order valence-electron chi connectivity index (χ3n) is 3.88. The van der Waals surface area contributed by atoms with Crippen molar-refractivity contribution in [2.45, 2.75) is 19.6 Å². The summed E-state index contributed by atoms with van der Waals surface area (Å²) in [4.78, 5) is 19.2. The number of ketones is 1. The molecule has 0 fully saturated rings. The van der Waals surface area contributed by atoms with Crippen LogP contribution in [0.3, 0.4) is 0 Å². The van der Waals surface area contributed by atoms with Gasteiger partial charge in [0.1, 0.15) is 11.5 Å². The summed E-state index contributed by atoms with van der Waals surface area (Å²) in [5.41, 5.74) is 0.714. The molecule has 7 nitrogen and oxygen atoms in total. The minimum Gasteiger partial charge on any atom is -0.280 e. The molecule has 0 saturated heterocycles. The molecule has 0 saturated carbocycles. The van der Waals surface area contributed by atoms with E-state index in [1.807, 2.05) is 5.10 Å². The Hall–Kier alpha value is -3.63. The van der Waals surface area contributed by atoms with Gasteiger partial charge in [0.15, 0.2) is 5.65 Å². The predicted octanol–water partition coefficient (Wildman–Crippen LogP) is 3.95. The van der Waals surface area contributed by atoms with Crippen molar-refractivity contribution < 1.29 is 22.4 Å². The summed E-state index contributed by atoms with van der Waals surface area (Å²) in [5.74, 6) is -3.80. The molecule has 3 heterocycles. The van der Waals surface area contributed by atoms with Crippen molar-refractivity contribution in [3.8, 4) is 11.5 Å². The fraction of sp³-hybridized carbons (Fsp3) is 0.167. The van der Waals surface area contributed by atoms with Gasteiger partial charge in [0.2, 0.25) is 11.6 Å². The number of nitrogens with zero attached hydrogens (tertiary/aromatic N) is 5. The lowest BCUT2D eigenvalue weighted by atomic mass is 10.2. The lowest BCUT2D eigenvalue weighted by Crippen LogP contribution is -2.23. The summed E-state index contributed by atoms with van der Waals surface area (Å²) in [6.45, 7) is 5.06. The Morgan fingerprint density at radius 1 is 1.38 bits per heavy atom. The van der Waals surface area contributed by atoms with Gasteiger partial charge in [-0.2, -0.15) is 23.4 Å². The average Bonchev–Trinajstić information content (AvgIpc) is 3.31. The third kappa shape index (κ3) is 3.98. The number of aromatic amines is 1. The number of carbonyl (C=O) groups is 1. The second-order valence-electron chi connectivity index (χ2n) is 5.78. The minimum atomic E-state index is -5.09. The number of rotatable bonds is 6. The molecule has 29 heavy (non-hydrogen) atoms. The van der Waals surface area contributed by atoms with Gasteiger partial charge < -0.3 is 0 Å². The van der Waals surface area contributed by atoms with Crippen molar-refractivity contribution in [3.05, 3.63) is 60.4 Å². The Labute approximate surface area is 161 Å². The molecule has 1 N–H and O–H groups in total. The van der Waals surface area contributed by atoms with Crippen LogP contribution in [0.4, 0.5) is 17.6 Å². The van der Waals surface area contributed by atoms with Crippen LogP contribution in [0.25, 0.3) is 22.6 Å². The molecule has 3 rings (SSSR count). The summed E-state index contributed by atoms with van der Waals surface area (Å²) >= 11 is 0. The largest absolute Gasteiger partial charge is 0.458 e. The number of aromatic nitrogens is 6. The van der Waals surface area contributed by atoms with Crippen LogP contribution in [0.1, 0.15) is 17.5 Å². The second-order valence-corrected chi connectivity index (χ2v) is 5.78. The van der Waals surface area contributed by atoms with E-state index in [0.717, 1.165) is 0 Å². The zero-order chi connectivity index (χ0) is 21.2. The highest BCUT2D eigenvalue weighted by Gasteiger charge is 2.41. The van der Waals surface area contributed by atoms with Gasteiger partial charge in [0, 0.05) is 11.8 Å². The van der Waals surface area contributed by atoms with Gasteiger partial charge in [-0.3, -0.25) is 9.89 Å². The highest BCUT2D eigenvalue weighted by Crippen LogP contribution is 2.27. The molecule has 0 aliphatic carbocycles. The van der Waals surface area contributed by atoms with Crippen LogP contribution in [0.5, 0.6) is 0 Å². The fourth-order valence-electron chi connectivity index (χ4n) is 2.59. The van der Waals surface area contributed by atoms with Gasteiger partial charge in [-0.05, 0) is 19.1 Å². The zero-order valence-electron chi connectivity index (χ0n) is 15.0. The molecule has 0 bridgehead atoms. The number of hydrogen-bond donors (Lipinski definition) is 1. The number of pyridine rings is 1. The van der Waals surface area contributed by atoms with Crippen molar-refractivity contribution in [1.29, 1.82) is 0 Å². The van der Waals surface area contributed by atoms with Gasteiger partial charge >= 0.3 is 12.0 Å². The van der Waals surface area contributed by atoms with E-state index in [4.69, 9.17) is 0 Å². The number of fused-ring (bicyclic) bond motifs is 1. The maximum absolute atomic E-state index is 14.1. The lowest BCUT2D eigenvalue weighted by molar-refractivity contribution is -0.0891. The fourth-order valence-corrected chi connectivity index (χ4v) is 2.59. The first-order chi connectivity index (χ1) is 13.8. The summed E-state index contributed by atoms with van der Waals surface area (Å²) < 4.78 is 53.3. The normalized spacial score (nSPS) is 13.1. The first-order valence-corrected chi connectivity index (χ1v) is 8.25. The molecule has 3 aromatic heterocycles. The number of halogens is 4. The first kappa shape index (κ1) is 20.1. The maximum atomic E-state index is 14.1. The van der Waals surface area contributed by atoms with Gasteiger partial charge in [-0.25, -0.2) is 19.0 Å². The van der Waals surface area contributed by atoms with E-state index in [9.17, 15) is 22.4 Å². The molecule has 150 valence electrons. The van der Waals surface area contributed by atoms with Crippen LogP contribution in [0.2, 0.25) is 0 Å². The predicted molar refractivity (Wildman–Crippen MR) is 96.4 cm³/mol. The zero-order valence-corrected chi connectivity index (χ0v) is 15.0. The summed E-state index contributed by atoms with van der Waals surface area (Å²) in [6.07, 6.45) is 0.568. The summed E-state index contributed by atoms with van der Waals surface area (Å²) in [7, 11) is 0. The van der Waals surface area contributed by atoms with Crippen LogP contribution in [-0.4, -0.2) is 41.9 Å². The number of allylic oxidation sites excluding steroid dienone is 5. The molecule has 0 atom stereocenters. The Morgan fingerprint density at radius 2 is 2.14 bits per heavy atom. The van der Waals surface area contributed by atoms with E-state index in [2.05, 4.69) is 26.7 Å². The van der Waals surface area contributed by atoms with E-state index in [1.54, 1.807) is 12.1 Å². The number of nitrogens with one attached hydrogen (secondary N) is 1. The second kappa shape index (κ2) is 7.78. The molecule has 0 aromatic carbocycles. The number of carbonyl (C=O) groups excluding carboxylic acids is 1. The maximum Gasteiger partial charge on any atom is 0.458 e. The molecular weight excluding hydrogens is 392 g/mol. The van der Waals surface area contributed by atoms with Crippen LogP contribution < -0.4 is 0 Å². The number of Topliss-reactive ketones (excluding diaryl/α,β-unsaturated/α-hetero) is 1. The smallest absolute Gasteiger partial charge is 0.280 e. The molecule has 0 amide bonds. The molecular formula is C18H14F4N6O. The van der Waals surface area contributed by atoms with Gasteiger partial charge in [0.25, 0.3) is 0 Å². The highest BCUT2D eigenvalue weighted by atomic mass is 19.4. The number of hydrogen-bond acceptors (Lipinski definition) is 5. The Balaban J connectivity index is 2.08. The van der Waals surface area contributed by atoms with Crippen molar-refractivity contribution in [1.82, 2.24) is 29.9 Å². The van der Waals surface area contributed by atoms with E-state index in [1.165, 1.54) is 36.0 Å². The first-order valence-electron chi connectivity index (χ1n) is 8.25. The minimum absolute atomic E-state index is 0.0194. The van der Waals surface area contributed by atoms with Crippen LogP contribution in [0, 0.1) is 0 Å². The number of H-pyrrole nitrogens is 1. The van der Waals surface area contributed by atoms with Crippen LogP contribution in [0.15, 0.2) is 54.5 Å². The van der Waals surface area contributed by atoms with E-state index >= 15 is 0 Å². The quantitative estimate of drug-likeness (QED) is 0.380. The van der Waals surface area contributed by atoms with Crippen LogP contribution in [-0.2, 0) is 6.54 Å². The topological polar surface area (TPSA) is 89.4 Å². The Bertz CT molecular complexity index is 1140. The Morgan fingerprint density at radius 3 is 2.79 bits per heavy atom. The molecule has 0 radical (unpaired) electrons. The van der Waals surface area contributed by atoms with Gasteiger partial charge in [-0.1, -0.05) is 24.8 Å². The summed E-state index contributed by atoms with van der Waals surface area (Å²) in [5, 5.41) is 10.4. The molecule has 3 aromatic rings. The van der Waals surface area contributed by atoms with Crippen molar-refractivity contribution in [2.75, 3.05) is 0 Å². The molecule has 0 spiro atoms.